The van der Waals surface area contributed by atoms with Gasteiger partial charge in [-0.1, -0.05) is 52.6 Å². The second kappa shape index (κ2) is 5.48. The standard InChI is InChI=1S/C18H22BrNO2/c1-12-4-6-13(7-5-12)16(21)22-20-15-10-14-8-9-17(15,2)18(14,3)11-19/h4-7,14H,8-11H2,1-3H3/b20-15-/t14-,17-,18+/m1/s1. The summed E-state index contributed by atoms with van der Waals surface area (Å²) in [5.41, 5.74) is 2.96. The largest absolute Gasteiger partial charge is 0.365 e. The van der Waals surface area contributed by atoms with E-state index in [0.29, 0.717) is 11.5 Å². The van der Waals surface area contributed by atoms with Crippen LogP contribution >= 0.6 is 15.9 Å². The number of hydrogen-bond donors (Lipinski definition) is 0. The number of alkyl halides is 1. The van der Waals surface area contributed by atoms with Gasteiger partial charge in [0.05, 0.1) is 11.3 Å². The molecule has 2 fully saturated rings. The highest BCUT2D eigenvalue weighted by molar-refractivity contribution is 9.09. The summed E-state index contributed by atoms with van der Waals surface area (Å²) in [5, 5.41) is 5.23. The van der Waals surface area contributed by atoms with Gasteiger partial charge in [0, 0.05) is 10.7 Å². The van der Waals surface area contributed by atoms with Crippen LogP contribution in [-0.2, 0) is 4.84 Å². The molecule has 2 aliphatic rings. The molecule has 3 atom stereocenters. The third kappa shape index (κ3) is 2.23. The van der Waals surface area contributed by atoms with Gasteiger partial charge >= 0.3 is 5.97 Å². The number of carbonyl (C=O) groups excluding carboxylic acids is 1. The molecule has 3 nitrogen and oxygen atoms in total. The highest BCUT2D eigenvalue weighted by Crippen LogP contribution is 2.64. The van der Waals surface area contributed by atoms with Gasteiger partial charge in [-0.2, -0.15) is 0 Å². The normalized spacial score (nSPS) is 35.1. The zero-order valence-electron chi connectivity index (χ0n) is 13.4. The van der Waals surface area contributed by atoms with Crippen LogP contribution in [0.15, 0.2) is 29.4 Å². The average molecular weight is 364 g/mol. The van der Waals surface area contributed by atoms with Crippen molar-refractivity contribution in [2.24, 2.45) is 21.9 Å². The van der Waals surface area contributed by atoms with Crippen LogP contribution in [0, 0.1) is 23.7 Å². The molecule has 0 unspecified atom stereocenters. The van der Waals surface area contributed by atoms with Crippen LogP contribution in [0.25, 0.3) is 0 Å². The van der Waals surface area contributed by atoms with Crippen molar-refractivity contribution < 1.29 is 9.63 Å². The molecular formula is C18H22BrNO2. The Morgan fingerprint density at radius 2 is 2.05 bits per heavy atom. The Bertz CT molecular complexity index is 624. The minimum atomic E-state index is -0.376. The molecule has 0 aromatic heterocycles. The van der Waals surface area contributed by atoms with Crippen molar-refractivity contribution >= 4 is 27.6 Å². The molecule has 2 aliphatic carbocycles. The molecule has 1 aromatic carbocycles. The number of nitrogens with zero attached hydrogens (tertiary/aromatic N) is 1. The second-order valence-electron chi connectivity index (χ2n) is 7.11. The molecule has 1 aromatic rings. The van der Waals surface area contributed by atoms with Gasteiger partial charge in [-0.25, -0.2) is 4.79 Å². The Labute approximate surface area is 140 Å². The van der Waals surface area contributed by atoms with Crippen LogP contribution in [-0.4, -0.2) is 17.0 Å². The Kier molecular flexibility index (Phi) is 3.92. The van der Waals surface area contributed by atoms with Crippen molar-refractivity contribution in [1.82, 2.24) is 0 Å². The smallest absolute Gasteiger partial charge is 0.313 e. The van der Waals surface area contributed by atoms with E-state index in [1.54, 1.807) is 12.1 Å². The van der Waals surface area contributed by atoms with E-state index < -0.39 is 0 Å². The molecule has 118 valence electrons. The maximum atomic E-state index is 12.1. The van der Waals surface area contributed by atoms with E-state index in [1.807, 2.05) is 19.1 Å². The lowest BCUT2D eigenvalue weighted by atomic mass is 9.70. The van der Waals surface area contributed by atoms with Gasteiger partial charge in [0.2, 0.25) is 0 Å². The second-order valence-corrected chi connectivity index (χ2v) is 7.67. The predicted octanol–water partition coefficient (Wildman–Crippen LogP) is 4.73. The summed E-state index contributed by atoms with van der Waals surface area (Å²) < 4.78 is 0. The van der Waals surface area contributed by atoms with Crippen LogP contribution < -0.4 is 0 Å². The average Bonchev–Trinajstić information content (AvgIpc) is 2.89. The van der Waals surface area contributed by atoms with Crippen molar-refractivity contribution in [2.45, 2.75) is 40.0 Å². The maximum Gasteiger partial charge on any atom is 0.365 e. The number of aryl methyl sites for hydroxylation is 1. The van der Waals surface area contributed by atoms with Crippen molar-refractivity contribution in [3.63, 3.8) is 0 Å². The summed E-state index contributed by atoms with van der Waals surface area (Å²) in [6, 6.07) is 7.38. The minimum Gasteiger partial charge on any atom is -0.313 e. The summed E-state index contributed by atoms with van der Waals surface area (Å²) in [5.74, 6) is 0.258. The molecule has 0 N–H and O–H groups in total. The molecule has 0 saturated heterocycles. The zero-order valence-corrected chi connectivity index (χ0v) is 14.9. The SMILES string of the molecule is Cc1ccc(C(=O)O/N=C2/C[C@H]3CC[C@@]2(C)[C@@]3(C)CBr)cc1. The third-order valence-electron chi connectivity index (χ3n) is 6.03. The fourth-order valence-corrected chi connectivity index (χ4v) is 5.09. The first-order valence-electron chi connectivity index (χ1n) is 7.82. The molecular weight excluding hydrogens is 342 g/mol. The van der Waals surface area contributed by atoms with Gasteiger partial charge < -0.3 is 4.84 Å². The van der Waals surface area contributed by atoms with Gasteiger partial charge in [0.25, 0.3) is 0 Å². The van der Waals surface area contributed by atoms with E-state index in [-0.39, 0.29) is 16.8 Å². The summed E-state index contributed by atoms with van der Waals surface area (Å²) in [6.07, 6.45) is 3.31. The molecule has 4 heteroatoms. The van der Waals surface area contributed by atoms with Crippen molar-refractivity contribution in [2.75, 3.05) is 5.33 Å². The van der Waals surface area contributed by atoms with Crippen LogP contribution in [0.3, 0.4) is 0 Å². The fraction of sp³-hybridized carbons (Fsp3) is 0.556. The zero-order chi connectivity index (χ0) is 16.0. The quantitative estimate of drug-likeness (QED) is 0.442. The number of hydrogen-bond acceptors (Lipinski definition) is 3. The van der Waals surface area contributed by atoms with Crippen LogP contribution in [0.1, 0.15) is 49.0 Å². The van der Waals surface area contributed by atoms with Gasteiger partial charge in [-0.15, -0.1) is 0 Å². The highest BCUT2D eigenvalue weighted by Gasteiger charge is 2.62. The van der Waals surface area contributed by atoms with Crippen molar-refractivity contribution in [3.8, 4) is 0 Å². The van der Waals surface area contributed by atoms with Gasteiger partial charge in [-0.3, -0.25) is 0 Å². The molecule has 2 saturated carbocycles. The Morgan fingerprint density at radius 1 is 1.36 bits per heavy atom. The summed E-state index contributed by atoms with van der Waals surface area (Å²) in [7, 11) is 0. The van der Waals surface area contributed by atoms with E-state index >= 15 is 0 Å². The molecule has 22 heavy (non-hydrogen) atoms. The topological polar surface area (TPSA) is 38.7 Å². The number of halogens is 1. The first kappa shape index (κ1) is 15.7. The Balaban J connectivity index is 1.77. The Hall–Kier alpha value is -1.16. The van der Waals surface area contributed by atoms with E-state index in [1.165, 1.54) is 6.42 Å². The van der Waals surface area contributed by atoms with Crippen molar-refractivity contribution in [1.29, 1.82) is 0 Å². The van der Waals surface area contributed by atoms with Crippen LogP contribution in [0.2, 0.25) is 0 Å². The van der Waals surface area contributed by atoms with E-state index in [2.05, 4.69) is 34.9 Å². The van der Waals surface area contributed by atoms with Crippen LogP contribution in [0.5, 0.6) is 0 Å². The molecule has 3 rings (SSSR count). The first-order chi connectivity index (χ1) is 10.4. The van der Waals surface area contributed by atoms with Gasteiger partial charge in [0.1, 0.15) is 0 Å². The molecule has 2 bridgehead atoms. The third-order valence-corrected chi connectivity index (χ3v) is 7.20. The minimum absolute atomic E-state index is 0.0364. The fourth-order valence-electron chi connectivity index (χ4n) is 4.01. The number of oxime groups is 1. The van der Waals surface area contributed by atoms with Gasteiger partial charge in [0.15, 0.2) is 0 Å². The first-order valence-corrected chi connectivity index (χ1v) is 8.94. The maximum absolute atomic E-state index is 12.1. The van der Waals surface area contributed by atoms with E-state index in [9.17, 15) is 4.79 Å². The number of fused-ring (bicyclic) bond motifs is 2. The summed E-state index contributed by atoms with van der Waals surface area (Å²) in [6.45, 7) is 6.58. The molecule has 0 radical (unpaired) electrons. The van der Waals surface area contributed by atoms with Crippen LogP contribution in [0.4, 0.5) is 0 Å². The summed E-state index contributed by atoms with van der Waals surface area (Å²) in [4.78, 5) is 17.4. The molecule has 0 aliphatic heterocycles. The van der Waals surface area contributed by atoms with E-state index in [4.69, 9.17) is 4.84 Å². The molecule has 0 amide bonds. The predicted molar refractivity (Wildman–Crippen MR) is 91.4 cm³/mol. The number of benzene rings is 1. The van der Waals surface area contributed by atoms with Gasteiger partial charge in [-0.05, 0) is 49.7 Å². The monoisotopic (exact) mass is 363 g/mol. The number of carbonyl (C=O) groups is 1. The van der Waals surface area contributed by atoms with E-state index in [0.717, 1.165) is 29.4 Å². The highest BCUT2D eigenvalue weighted by atomic mass is 79.9. The lowest BCUT2D eigenvalue weighted by molar-refractivity contribution is 0.0508. The Morgan fingerprint density at radius 3 is 2.64 bits per heavy atom. The lowest BCUT2D eigenvalue weighted by Crippen LogP contribution is -2.36. The molecule has 0 heterocycles. The molecule has 0 spiro atoms. The lowest BCUT2D eigenvalue weighted by Gasteiger charge is -2.36. The number of rotatable bonds is 3. The summed E-state index contributed by atoms with van der Waals surface area (Å²) >= 11 is 3.68. The van der Waals surface area contributed by atoms with Crippen molar-refractivity contribution in [3.05, 3.63) is 35.4 Å².